The first-order chi connectivity index (χ1) is 22.1. The van der Waals surface area contributed by atoms with Gasteiger partial charge in [0.05, 0.1) is 39.6 Å². The zero-order chi connectivity index (χ0) is 32.8. The highest BCUT2D eigenvalue weighted by molar-refractivity contribution is 6.05. The number of benzene rings is 2. The molecule has 2 amide bonds. The van der Waals surface area contributed by atoms with E-state index in [9.17, 15) is 23.5 Å². The van der Waals surface area contributed by atoms with Gasteiger partial charge in [0.1, 0.15) is 17.5 Å². The first-order valence-electron chi connectivity index (χ1n) is 14.2. The summed E-state index contributed by atoms with van der Waals surface area (Å²) in [5.74, 6) is -1.33. The summed E-state index contributed by atoms with van der Waals surface area (Å²) >= 11 is 0. The second-order valence-corrected chi connectivity index (χ2v) is 10.4. The number of fused-ring (bicyclic) bond motifs is 1. The fourth-order valence-corrected chi connectivity index (χ4v) is 4.73. The molecule has 8 N–H and O–H groups in total. The molecule has 0 aliphatic heterocycles. The Kier molecular flexibility index (Phi) is 9.36. The number of amides is 2. The Morgan fingerprint density at radius 2 is 1.80 bits per heavy atom. The minimum absolute atomic E-state index is 0.0943. The fraction of sp³-hybridized carbons (Fsp3) is 0.156. The predicted octanol–water partition coefficient (Wildman–Crippen LogP) is 4.57. The zero-order valence-corrected chi connectivity index (χ0v) is 24.7. The number of aromatic amines is 2. The maximum atomic E-state index is 13.7. The van der Waals surface area contributed by atoms with E-state index in [1.807, 2.05) is 0 Å². The summed E-state index contributed by atoms with van der Waals surface area (Å²) in [5, 5.41) is 28.1. The molecule has 0 fully saturated rings. The third-order valence-electron chi connectivity index (χ3n) is 7.09. The van der Waals surface area contributed by atoms with Crippen LogP contribution >= 0.6 is 0 Å². The van der Waals surface area contributed by atoms with Gasteiger partial charge in [-0.25, -0.2) is 13.8 Å². The van der Waals surface area contributed by atoms with Crippen LogP contribution in [0.5, 0.6) is 5.88 Å². The van der Waals surface area contributed by atoms with Gasteiger partial charge >= 0.3 is 0 Å². The number of H-pyrrole nitrogens is 2. The Morgan fingerprint density at radius 3 is 2.57 bits per heavy atom. The molecular weight excluding hydrogens is 596 g/mol. The van der Waals surface area contributed by atoms with Gasteiger partial charge in [0, 0.05) is 35.6 Å². The highest BCUT2D eigenvalue weighted by atomic mass is 19.1. The number of nitrogens with zero attached hydrogens (tertiary/aromatic N) is 3. The number of carbonyl (C=O) groups excluding carboxylic acids is 2. The Labute approximate surface area is 261 Å². The van der Waals surface area contributed by atoms with Crippen molar-refractivity contribution in [3.05, 3.63) is 93.8 Å². The largest absolute Gasteiger partial charge is 0.493 e. The highest BCUT2D eigenvalue weighted by Crippen LogP contribution is 2.35. The van der Waals surface area contributed by atoms with E-state index in [1.165, 1.54) is 42.7 Å². The lowest BCUT2D eigenvalue weighted by Gasteiger charge is -2.09. The predicted molar refractivity (Wildman–Crippen MR) is 172 cm³/mol. The lowest BCUT2D eigenvalue weighted by molar-refractivity contribution is 0.0950. The molecule has 0 unspecified atom stereocenters. The standard InChI is InChI=1S/C32H31F2N9O3/c1-17-26(16-39-43-29-22-13-20(33)6-8-24(22)41-32(29)46)40-18(2)28(17)31(45)37-12-4-3-11-36-27-10-5-19(15-38-27)30(44)42-25-9-7-21(34)14-23(25)35/h5-10,13-16,40-41,46H,1,3-4,11-12,35H2,2H3,(H,36,38)(H,37,45)(H,42,44). The van der Waals surface area contributed by atoms with Crippen LogP contribution in [0.3, 0.4) is 0 Å². The second kappa shape index (κ2) is 13.7. The molecule has 12 nitrogen and oxygen atoms in total. The fourth-order valence-electron chi connectivity index (χ4n) is 4.73. The van der Waals surface area contributed by atoms with Crippen molar-refractivity contribution in [1.82, 2.24) is 20.3 Å². The Balaban J connectivity index is 1.08. The molecule has 0 spiro atoms. The first-order valence-corrected chi connectivity index (χ1v) is 14.2. The van der Waals surface area contributed by atoms with E-state index in [0.717, 1.165) is 12.5 Å². The van der Waals surface area contributed by atoms with E-state index in [-0.39, 0.29) is 23.2 Å². The molecule has 0 aliphatic carbocycles. The number of nitrogens with two attached hydrogens (primary N) is 1. The normalized spacial score (nSPS) is 11.8. The number of hydrogen-bond donors (Lipinski definition) is 7. The summed E-state index contributed by atoms with van der Waals surface area (Å²) in [6.07, 6.45) is 4.23. The van der Waals surface area contributed by atoms with Crippen molar-refractivity contribution in [2.75, 3.05) is 29.5 Å². The molecule has 5 rings (SSSR count). The number of azo groups is 1. The van der Waals surface area contributed by atoms with Crippen LogP contribution in [0.15, 0.2) is 65.0 Å². The minimum Gasteiger partial charge on any atom is -0.493 e. The highest BCUT2D eigenvalue weighted by Gasteiger charge is 2.14. The summed E-state index contributed by atoms with van der Waals surface area (Å²) in [5.41, 5.74) is 8.09. The van der Waals surface area contributed by atoms with Gasteiger partial charge in [0.15, 0.2) is 5.69 Å². The number of aromatic hydroxyl groups is 1. The lowest BCUT2D eigenvalue weighted by Crippen LogP contribution is -2.32. The molecule has 46 heavy (non-hydrogen) atoms. The van der Waals surface area contributed by atoms with Gasteiger partial charge in [-0.2, -0.15) is 5.11 Å². The number of unbranched alkanes of at least 4 members (excludes halogenated alkanes) is 1. The average molecular weight is 628 g/mol. The molecule has 0 saturated carbocycles. The van der Waals surface area contributed by atoms with Gasteiger partial charge in [-0.15, -0.1) is 5.11 Å². The van der Waals surface area contributed by atoms with Crippen molar-refractivity contribution in [3.63, 3.8) is 0 Å². The van der Waals surface area contributed by atoms with Crippen molar-refractivity contribution in [3.8, 4) is 5.88 Å². The maximum Gasteiger partial charge on any atom is 0.257 e. The third kappa shape index (κ3) is 7.18. The van der Waals surface area contributed by atoms with Crippen LogP contribution in [0.1, 0.15) is 39.3 Å². The quantitative estimate of drug-likeness (QED) is 0.0639. The number of halogens is 2. The van der Waals surface area contributed by atoms with Gasteiger partial charge < -0.3 is 36.8 Å². The van der Waals surface area contributed by atoms with E-state index >= 15 is 0 Å². The molecule has 0 atom stereocenters. The second-order valence-electron chi connectivity index (χ2n) is 10.4. The van der Waals surface area contributed by atoms with Crippen molar-refractivity contribution >= 4 is 58.4 Å². The molecule has 5 aromatic rings. The van der Waals surface area contributed by atoms with E-state index in [4.69, 9.17) is 5.73 Å². The van der Waals surface area contributed by atoms with Gasteiger partial charge in [-0.3, -0.25) is 9.59 Å². The van der Waals surface area contributed by atoms with Crippen LogP contribution in [-0.2, 0) is 0 Å². The van der Waals surface area contributed by atoms with Crippen LogP contribution < -0.4 is 32.3 Å². The smallest absolute Gasteiger partial charge is 0.257 e. The molecular formula is C32H31F2N9O3. The number of hydrogen-bond acceptors (Lipinski definition) is 8. The van der Waals surface area contributed by atoms with Gasteiger partial charge in [0.2, 0.25) is 5.88 Å². The maximum absolute atomic E-state index is 13.7. The third-order valence-corrected chi connectivity index (χ3v) is 7.09. The number of nitrogen functional groups attached to an aromatic ring is 1. The van der Waals surface area contributed by atoms with Crippen LogP contribution in [0.2, 0.25) is 0 Å². The summed E-state index contributed by atoms with van der Waals surface area (Å²) in [6, 6.07) is 11.0. The van der Waals surface area contributed by atoms with Gasteiger partial charge in [-0.05, 0) is 68.3 Å². The van der Waals surface area contributed by atoms with E-state index in [2.05, 4.69) is 47.7 Å². The molecule has 0 bridgehead atoms. The number of anilines is 3. The van der Waals surface area contributed by atoms with E-state index in [1.54, 1.807) is 19.1 Å². The number of pyridine rings is 1. The number of aryl methyl sites for hydroxylation is 1. The minimum atomic E-state index is -0.492. The van der Waals surface area contributed by atoms with Gasteiger partial charge in [-0.1, -0.05) is 6.58 Å². The van der Waals surface area contributed by atoms with E-state index in [0.29, 0.717) is 69.3 Å². The summed E-state index contributed by atoms with van der Waals surface area (Å²) in [4.78, 5) is 35.4. The topological polar surface area (TPSA) is 186 Å². The van der Waals surface area contributed by atoms with Crippen LogP contribution in [0.25, 0.3) is 23.7 Å². The van der Waals surface area contributed by atoms with Crippen molar-refractivity contribution < 1.29 is 23.5 Å². The number of rotatable bonds is 11. The van der Waals surface area contributed by atoms with Crippen LogP contribution in [0, 0.1) is 18.6 Å². The Bertz CT molecular complexity index is 2050. The first kappa shape index (κ1) is 31.4. The zero-order valence-electron chi connectivity index (χ0n) is 24.7. The Morgan fingerprint density at radius 1 is 1.04 bits per heavy atom. The molecule has 236 valence electrons. The lowest BCUT2D eigenvalue weighted by atomic mass is 10.2. The molecule has 0 aliphatic rings. The van der Waals surface area contributed by atoms with Crippen molar-refractivity contribution in [2.24, 2.45) is 10.2 Å². The molecule has 0 radical (unpaired) electrons. The summed E-state index contributed by atoms with van der Waals surface area (Å²) < 4.78 is 26.9. The molecule has 0 saturated heterocycles. The summed E-state index contributed by atoms with van der Waals surface area (Å²) in [6.45, 7) is 6.77. The molecule has 2 aromatic carbocycles. The van der Waals surface area contributed by atoms with E-state index < -0.39 is 17.5 Å². The van der Waals surface area contributed by atoms with Crippen LogP contribution in [0.4, 0.5) is 31.7 Å². The van der Waals surface area contributed by atoms with Crippen molar-refractivity contribution in [2.45, 2.75) is 19.8 Å². The molecule has 14 heteroatoms. The SMILES string of the molecule is C=c1c(C(=O)NCCCCNc2ccc(C(=O)Nc3ccc(F)cc3N)cn2)c(C)[nH]c1=CN=Nc1c(O)[nH]c2ccc(F)cc12. The van der Waals surface area contributed by atoms with Crippen LogP contribution in [-0.4, -0.2) is 45.0 Å². The number of nitrogens with one attached hydrogen (secondary N) is 5. The summed E-state index contributed by atoms with van der Waals surface area (Å²) in [7, 11) is 0. The Hall–Kier alpha value is -6.05. The number of carbonyl (C=O) groups is 2. The number of aromatic nitrogens is 3. The van der Waals surface area contributed by atoms with Gasteiger partial charge in [0.25, 0.3) is 11.8 Å². The van der Waals surface area contributed by atoms with Crippen molar-refractivity contribution in [1.29, 1.82) is 0 Å². The molecule has 3 heterocycles. The average Bonchev–Trinajstić information content (AvgIpc) is 3.49. The molecule has 3 aromatic heterocycles. The monoisotopic (exact) mass is 627 g/mol.